The quantitative estimate of drug-likeness (QED) is 0.299. The lowest BCUT2D eigenvalue weighted by atomic mass is 9.89. The minimum atomic E-state index is -0.362. The van der Waals surface area contributed by atoms with Gasteiger partial charge in [0.15, 0.2) is 0 Å². The Balaban J connectivity index is 1.64. The molecule has 4 aliphatic rings. The zero-order valence-electron chi connectivity index (χ0n) is 22.4. The van der Waals surface area contributed by atoms with Crippen LogP contribution in [-0.4, -0.2) is 11.9 Å². The topological polar surface area (TPSA) is 43.4 Å². The van der Waals surface area contributed by atoms with Gasteiger partial charge in [0.1, 0.15) is 0 Å². The SMILES string of the molecule is CC1=C(C2=C(C(=O)OC(=O)C3=C(C4=C(C)CCCCC4)CCCCC3)CCCCC2)CCCCC1. The van der Waals surface area contributed by atoms with Crippen LogP contribution in [0.3, 0.4) is 0 Å². The Labute approximate surface area is 213 Å². The van der Waals surface area contributed by atoms with Gasteiger partial charge in [-0.25, -0.2) is 9.59 Å². The van der Waals surface area contributed by atoms with Crippen LogP contribution in [0.5, 0.6) is 0 Å². The monoisotopic (exact) mass is 478 g/mol. The lowest BCUT2D eigenvalue weighted by Crippen LogP contribution is -2.19. The van der Waals surface area contributed by atoms with Gasteiger partial charge in [-0.1, -0.05) is 36.8 Å². The highest BCUT2D eigenvalue weighted by atomic mass is 16.6. The van der Waals surface area contributed by atoms with Crippen molar-refractivity contribution in [2.75, 3.05) is 0 Å². The first-order chi connectivity index (χ1) is 17.1. The number of allylic oxidation sites excluding steroid dienone is 6. The van der Waals surface area contributed by atoms with Gasteiger partial charge in [0, 0.05) is 11.1 Å². The van der Waals surface area contributed by atoms with Gasteiger partial charge in [-0.3, -0.25) is 0 Å². The summed E-state index contributed by atoms with van der Waals surface area (Å²) in [5.74, 6) is -0.724. The van der Waals surface area contributed by atoms with Crippen LogP contribution < -0.4 is 0 Å². The van der Waals surface area contributed by atoms with E-state index in [9.17, 15) is 9.59 Å². The first-order valence-electron chi connectivity index (χ1n) is 14.6. The van der Waals surface area contributed by atoms with E-state index in [4.69, 9.17) is 4.74 Å². The summed E-state index contributed by atoms with van der Waals surface area (Å²) in [5, 5.41) is 0. The van der Waals surface area contributed by atoms with Crippen molar-refractivity contribution in [1.29, 1.82) is 0 Å². The van der Waals surface area contributed by atoms with E-state index >= 15 is 0 Å². The predicted octanol–water partition coefficient (Wildman–Crippen LogP) is 9.14. The van der Waals surface area contributed by atoms with Crippen LogP contribution in [0.1, 0.15) is 142 Å². The second-order valence-corrected chi connectivity index (χ2v) is 11.4. The van der Waals surface area contributed by atoms with Crippen molar-refractivity contribution in [2.45, 2.75) is 142 Å². The number of rotatable bonds is 4. The van der Waals surface area contributed by atoms with E-state index in [0.717, 1.165) is 101 Å². The molecule has 192 valence electrons. The third-order valence-corrected chi connectivity index (χ3v) is 8.83. The average Bonchev–Trinajstić information content (AvgIpc) is 3.38. The Bertz CT molecular complexity index is 864. The molecule has 0 atom stereocenters. The molecule has 3 heteroatoms. The van der Waals surface area contributed by atoms with Crippen molar-refractivity contribution in [2.24, 2.45) is 0 Å². The molecule has 0 saturated heterocycles. The first kappa shape index (κ1) is 26.2. The Morgan fingerprint density at radius 1 is 0.429 bits per heavy atom. The zero-order chi connectivity index (χ0) is 24.6. The van der Waals surface area contributed by atoms with Crippen molar-refractivity contribution in [3.8, 4) is 0 Å². The van der Waals surface area contributed by atoms with E-state index in [1.807, 2.05) is 0 Å². The molecule has 0 heterocycles. The van der Waals surface area contributed by atoms with Crippen molar-refractivity contribution < 1.29 is 14.3 Å². The molecule has 0 aliphatic heterocycles. The van der Waals surface area contributed by atoms with Crippen molar-refractivity contribution in [3.05, 3.63) is 44.6 Å². The van der Waals surface area contributed by atoms with Gasteiger partial charge in [-0.15, -0.1) is 0 Å². The highest BCUT2D eigenvalue weighted by molar-refractivity contribution is 6.03. The molecular weight excluding hydrogens is 432 g/mol. The van der Waals surface area contributed by atoms with Crippen molar-refractivity contribution in [3.63, 3.8) is 0 Å². The Hall–Kier alpha value is -1.90. The number of esters is 2. The summed E-state index contributed by atoms with van der Waals surface area (Å²) >= 11 is 0. The number of ether oxygens (including phenoxy) is 1. The molecule has 0 radical (unpaired) electrons. The fraction of sp³-hybridized carbons (Fsp3) is 0.688. The van der Waals surface area contributed by atoms with Gasteiger partial charge in [0.05, 0.1) is 0 Å². The maximum atomic E-state index is 13.6. The molecule has 0 aromatic rings. The molecule has 3 nitrogen and oxygen atoms in total. The van der Waals surface area contributed by atoms with Crippen LogP contribution in [0, 0.1) is 0 Å². The molecule has 0 aromatic carbocycles. The molecule has 0 N–H and O–H groups in total. The molecule has 0 amide bonds. The minimum Gasteiger partial charge on any atom is -0.386 e. The van der Waals surface area contributed by atoms with Gasteiger partial charge in [0.2, 0.25) is 0 Å². The lowest BCUT2D eigenvalue weighted by molar-refractivity contribution is -0.154. The van der Waals surface area contributed by atoms with Crippen LogP contribution >= 0.6 is 0 Å². The molecule has 0 aromatic heterocycles. The maximum Gasteiger partial charge on any atom is 0.342 e. The molecule has 4 aliphatic carbocycles. The Morgan fingerprint density at radius 3 is 1.14 bits per heavy atom. The summed E-state index contributed by atoms with van der Waals surface area (Å²) in [6, 6.07) is 0. The third kappa shape index (κ3) is 6.66. The fourth-order valence-corrected chi connectivity index (χ4v) is 6.77. The van der Waals surface area contributed by atoms with Gasteiger partial charge in [-0.2, -0.15) is 0 Å². The molecule has 4 rings (SSSR count). The summed E-state index contributed by atoms with van der Waals surface area (Å²) in [5.41, 5.74) is 9.73. The molecule has 0 bridgehead atoms. The normalized spacial score (nSPS) is 23.5. The molecule has 0 fully saturated rings. The van der Waals surface area contributed by atoms with E-state index in [0.29, 0.717) is 0 Å². The lowest BCUT2D eigenvalue weighted by Gasteiger charge is -2.19. The van der Waals surface area contributed by atoms with E-state index in [1.54, 1.807) is 0 Å². The molecular formula is C32H46O3. The van der Waals surface area contributed by atoms with Gasteiger partial charge in [0.25, 0.3) is 0 Å². The summed E-state index contributed by atoms with van der Waals surface area (Å²) < 4.78 is 5.78. The molecule has 0 spiro atoms. The van der Waals surface area contributed by atoms with Crippen molar-refractivity contribution >= 4 is 11.9 Å². The Morgan fingerprint density at radius 2 is 0.743 bits per heavy atom. The number of carbonyl (C=O) groups is 2. The first-order valence-corrected chi connectivity index (χ1v) is 14.6. The number of carbonyl (C=O) groups excluding carboxylic acids is 2. The van der Waals surface area contributed by atoms with Crippen LogP contribution in [0.15, 0.2) is 44.6 Å². The second-order valence-electron chi connectivity index (χ2n) is 11.4. The summed E-state index contributed by atoms with van der Waals surface area (Å²) in [7, 11) is 0. The van der Waals surface area contributed by atoms with Gasteiger partial charge >= 0.3 is 11.9 Å². The summed E-state index contributed by atoms with van der Waals surface area (Å²) in [6.07, 6.45) is 21.7. The smallest absolute Gasteiger partial charge is 0.342 e. The fourth-order valence-electron chi connectivity index (χ4n) is 6.77. The number of hydrogen-bond acceptors (Lipinski definition) is 3. The minimum absolute atomic E-state index is 0.362. The Kier molecular flexibility index (Phi) is 9.63. The van der Waals surface area contributed by atoms with Crippen molar-refractivity contribution in [1.82, 2.24) is 0 Å². The van der Waals surface area contributed by atoms with E-state index < -0.39 is 0 Å². The highest BCUT2D eigenvalue weighted by Gasteiger charge is 2.28. The second kappa shape index (κ2) is 12.9. The molecule has 35 heavy (non-hydrogen) atoms. The van der Waals surface area contributed by atoms with Gasteiger partial charge in [-0.05, 0) is 139 Å². The standard InChI is InChI=1S/C32H46O3/c1-23-15-7-3-9-17-25(23)27-19-11-5-13-21-29(27)31(33)35-32(34)30-22-14-6-12-20-28(30)26-18-10-4-8-16-24(26)2/h3-22H2,1-2H3. The molecule has 0 unspecified atom stereocenters. The van der Waals surface area contributed by atoms with Crippen LogP contribution in [0.2, 0.25) is 0 Å². The van der Waals surface area contributed by atoms with Crippen LogP contribution in [0.25, 0.3) is 0 Å². The van der Waals surface area contributed by atoms with E-state index in [2.05, 4.69) is 13.8 Å². The van der Waals surface area contributed by atoms with Crippen LogP contribution in [0.4, 0.5) is 0 Å². The highest BCUT2D eigenvalue weighted by Crippen LogP contribution is 2.38. The number of hydrogen-bond donors (Lipinski definition) is 0. The largest absolute Gasteiger partial charge is 0.386 e. The third-order valence-electron chi connectivity index (χ3n) is 8.83. The van der Waals surface area contributed by atoms with Gasteiger partial charge < -0.3 is 4.74 Å². The zero-order valence-corrected chi connectivity index (χ0v) is 22.4. The van der Waals surface area contributed by atoms with E-state index in [-0.39, 0.29) is 11.9 Å². The summed E-state index contributed by atoms with van der Waals surface area (Å²) in [4.78, 5) is 27.2. The predicted molar refractivity (Wildman–Crippen MR) is 143 cm³/mol. The van der Waals surface area contributed by atoms with E-state index in [1.165, 1.54) is 72.0 Å². The van der Waals surface area contributed by atoms with Crippen LogP contribution in [-0.2, 0) is 14.3 Å². The molecule has 0 saturated carbocycles. The summed E-state index contributed by atoms with van der Waals surface area (Å²) in [6.45, 7) is 4.50. The maximum absolute atomic E-state index is 13.6. The average molecular weight is 479 g/mol.